The van der Waals surface area contributed by atoms with Crippen molar-refractivity contribution >= 4 is 41.8 Å². The summed E-state index contributed by atoms with van der Waals surface area (Å²) in [6, 6.07) is 0. The normalized spacial score (nSPS) is 33.5. The van der Waals surface area contributed by atoms with Crippen LogP contribution in [0.15, 0.2) is 0 Å². The number of aliphatic hydroxyl groups is 1. The Morgan fingerprint density at radius 2 is 1.26 bits per heavy atom. The number of carboxylic acid groups (broad SMARTS) is 1. The topological polar surface area (TPSA) is 215 Å². The molecule has 15 nitrogen and oxygen atoms in total. The van der Waals surface area contributed by atoms with Crippen molar-refractivity contribution in [1.82, 2.24) is 0 Å². The van der Waals surface area contributed by atoms with E-state index in [9.17, 15) is 43.8 Å². The van der Waals surface area contributed by atoms with Crippen LogP contribution in [0.2, 0.25) is 0 Å². The Balaban J connectivity index is 1.61. The summed E-state index contributed by atoms with van der Waals surface area (Å²) in [5.74, 6) is -5.31. The number of hydrogen-bond donors (Lipinski definition) is 2. The van der Waals surface area contributed by atoms with Crippen molar-refractivity contribution < 1.29 is 72.2 Å². The van der Waals surface area contributed by atoms with Crippen molar-refractivity contribution in [2.45, 2.75) is 123 Å². The molecule has 0 radical (unpaired) electrons. The molecule has 0 aromatic rings. The van der Waals surface area contributed by atoms with Gasteiger partial charge in [-0.1, -0.05) is 20.8 Å². The van der Waals surface area contributed by atoms with Gasteiger partial charge in [-0.2, -0.15) is 0 Å². The molecular weight excluding hydrogens is 696 g/mol. The highest BCUT2D eigenvalue weighted by Crippen LogP contribution is 2.69. The number of carbonyl (C=O) groups is 7. The molecule has 11 unspecified atom stereocenters. The molecule has 4 saturated carbocycles. The number of fused-ring (bicyclic) bond motifs is 5. The van der Waals surface area contributed by atoms with E-state index >= 15 is 0 Å². The summed E-state index contributed by atoms with van der Waals surface area (Å²) in [6.07, 6.45) is 2.06. The third-order valence-electron chi connectivity index (χ3n) is 13.1. The molecule has 0 amide bonds. The molecule has 53 heavy (non-hydrogen) atoms. The fourth-order valence-corrected chi connectivity index (χ4v) is 10.3. The molecule has 0 spiro atoms. The van der Waals surface area contributed by atoms with Gasteiger partial charge in [-0.3, -0.25) is 24.0 Å². The van der Waals surface area contributed by atoms with E-state index in [1.54, 1.807) is 0 Å². The molecule has 2 N–H and O–H groups in total. The number of aliphatic carboxylic acids is 1. The fraction of sp³-hybridized carbons (Fsp3) is 0.816. The minimum Gasteiger partial charge on any atom is -0.481 e. The van der Waals surface area contributed by atoms with E-state index in [-0.39, 0.29) is 73.0 Å². The Labute approximate surface area is 310 Å². The highest BCUT2D eigenvalue weighted by molar-refractivity contribution is 5.81. The lowest BCUT2D eigenvalue weighted by Gasteiger charge is -2.64. The van der Waals surface area contributed by atoms with E-state index in [4.69, 9.17) is 18.9 Å². The maximum atomic E-state index is 13.5. The smallest absolute Gasteiger partial charge is 0.344 e. The molecule has 0 aliphatic heterocycles. The van der Waals surface area contributed by atoms with Crippen LogP contribution < -0.4 is 0 Å². The second kappa shape index (κ2) is 18.1. The number of hydrogen-bond acceptors (Lipinski definition) is 14. The van der Waals surface area contributed by atoms with Gasteiger partial charge in [0.25, 0.3) is 0 Å². The van der Waals surface area contributed by atoms with Gasteiger partial charge in [0, 0.05) is 17.8 Å². The first-order valence-electron chi connectivity index (χ1n) is 18.8. The van der Waals surface area contributed by atoms with Gasteiger partial charge in [0.1, 0.15) is 12.2 Å². The molecule has 0 bridgehead atoms. The first kappa shape index (κ1) is 42.0. The Hall–Kier alpha value is -3.75. The van der Waals surface area contributed by atoms with Crippen LogP contribution in [0.4, 0.5) is 0 Å². The number of esters is 6. The summed E-state index contributed by atoms with van der Waals surface area (Å²) in [4.78, 5) is 85.7. The number of rotatable bonds is 16. The highest BCUT2D eigenvalue weighted by Gasteiger charge is 2.67. The van der Waals surface area contributed by atoms with Crippen molar-refractivity contribution in [1.29, 1.82) is 0 Å². The zero-order chi connectivity index (χ0) is 39.1. The van der Waals surface area contributed by atoms with Gasteiger partial charge in [0.2, 0.25) is 0 Å². The molecule has 0 heterocycles. The van der Waals surface area contributed by atoms with Crippen LogP contribution in [0, 0.1) is 46.3 Å². The van der Waals surface area contributed by atoms with Gasteiger partial charge in [0.05, 0.1) is 46.0 Å². The summed E-state index contributed by atoms with van der Waals surface area (Å²) in [7, 11) is 2.34. The van der Waals surface area contributed by atoms with Gasteiger partial charge in [-0.25, -0.2) is 9.59 Å². The molecule has 0 saturated heterocycles. The van der Waals surface area contributed by atoms with Crippen molar-refractivity contribution in [3.05, 3.63) is 0 Å². The lowest BCUT2D eigenvalue weighted by molar-refractivity contribution is -0.225. The largest absolute Gasteiger partial charge is 0.481 e. The summed E-state index contributed by atoms with van der Waals surface area (Å²) in [5.41, 5.74) is -0.888. The predicted molar refractivity (Wildman–Crippen MR) is 182 cm³/mol. The quantitative estimate of drug-likeness (QED) is 0.170. The monoisotopic (exact) mass is 752 g/mol. The van der Waals surface area contributed by atoms with E-state index in [0.717, 1.165) is 19.3 Å². The molecule has 4 aliphatic carbocycles. The van der Waals surface area contributed by atoms with Crippen LogP contribution in [0.3, 0.4) is 0 Å². The Kier molecular flexibility index (Phi) is 14.3. The lowest BCUT2D eigenvalue weighted by Crippen LogP contribution is -2.63. The van der Waals surface area contributed by atoms with E-state index in [1.165, 1.54) is 14.2 Å². The van der Waals surface area contributed by atoms with Gasteiger partial charge in [0.15, 0.2) is 13.2 Å². The maximum absolute atomic E-state index is 13.5. The van der Waals surface area contributed by atoms with Gasteiger partial charge in [-0.05, 0) is 86.4 Å². The zero-order valence-electron chi connectivity index (χ0n) is 31.5. The Morgan fingerprint density at radius 1 is 0.698 bits per heavy atom. The van der Waals surface area contributed by atoms with Crippen molar-refractivity contribution in [3.8, 4) is 0 Å². The van der Waals surface area contributed by atoms with Crippen molar-refractivity contribution in [2.75, 3.05) is 27.4 Å². The maximum Gasteiger partial charge on any atom is 0.344 e. The first-order chi connectivity index (χ1) is 25.0. The molecule has 0 aromatic heterocycles. The lowest BCUT2D eigenvalue weighted by atomic mass is 9.43. The summed E-state index contributed by atoms with van der Waals surface area (Å²) >= 11 is 0. The molecule has 11 atom stereocenters. The van der Waals surface area contributed by atoms with Gasteiger partial charge in [-0.15, -0.1) is 0 Å². The van der Waals surface area contributed by atoms with E-state index < -0.39 is 78.7 Å². The number of methoxy groups -OCH3 is 2. The van der Waals surface area contributed by atoms with E-state index in [2.05, 4.69) is 23.3 Å². The predicted octanol–water partition coefficient (Wildman–Crippen LogP) is 3.54. The molecule has 298 valence electrons. The molecule has 4 fully saturated rings. The Morgan fingerprint density at radius 3 is 1.83 bits per heavy atom. The van der Waals surface area contributed by atoms with Crippen LogP contribution in [0.1, 0.15) is 104 Å². The number of ether oxygens (including phenoxy) is 6. The van der Waals surface area contributed by atoms with Crippen LogP contribution in [0.25, 0.3) is 0 Å². The molecule has 4 rings (SSSR count). The average Bonchev–Trinajstić information content (AvgIpc) is 3.48. The second-order valence-corrected chi connectivity index (χ2v) is 15.8. The molecule has 0 aromatic carbocycles. The van der Waals surface area contributed by atoms with Crippen LogP contribution in [-0.2, 0) is 62.0 Å². The molecule has 4 aliphatic rings. The van der Waals surface area contributed by atoms with Crippen LogP contribution in [0.5, 0.6) is 0 Å². The third-order valence-corrected chi connectivity index (χ3v) is 13.1. The molecule has 15 heteroatoms. The Bertz CT molecular complexity index is 1380. The fourth-order valence-electron chi connectivity index (χ4n) is 10.3. The molecular formula is C38H56O15. The second-order valence-electron chi connectivity index (χ2n) is 15.8. The van der Waals surface area contributed by atoms with E-state index in [0.29, 0.717) is 32.1 Å². The van der Waals surface area contributed by atoms with Crippen molar-refractivity contribution in [3.63, 3.8) is 0 Å². The van der Waals surface area contributed by atoms with Crippen LogP contribution >= 0.6 is 0 Å². The van der Waals surface area contributed by atoms with E-state index in [1.807, 2.05) is 6.92 Å². The summed E-state index contributed by atoms with van der Waals surface area (Å²) in [6.45, 7) is 5.22. The van der Waals surface area contributed by atoms with Gasteiger partial charge < -0.3 is 38.6 Å². The van der Waals surface area contributed by atoms with Crippen LogP contribution in [-0.4, -0.2) is 97.7 Å². The third kappa shape index (κ3) is 9.87. The average molecular weight is 753 g/mol. The minimum absolute atomic E-state index is 0.00676. The SMILES string of the molecule is COC(=O)COC(=O)CCC(=O)OC1CC2CC(O)CCC2(C)C2CC(OC(=O)CCC(=O)OCC(=O)OC)C3(C)C(C(C)CCC(=O)O)CCC3C12. The number of carbonyl (C=O) groups excluding carboxylic acids is 6. The number of aliphatic hydroxyl groups excluding tert-OH is 1. The summed E-state index contributed by atoms with van der Waals surface area (Å²) in [5, 5.41) is 20.2. The highest BCUT2D eigenvalue weighted by atomic mass is 16.6. The van der Waals surface area contributed by atoms with Crippen molar-refractivity contribution in [2.24, 2.45) is 46.3 Å². The van der Waals surface area contributed by atoms with Gasteiger partial charge >= 0.3 is 41.8 Å². The summed E-state index contributed by atoms with van der Waals surface area (Å²) < 4.78 is 31.3. The minimum atomic E-state index is -0.894. The number of carboxylic acids is 1. The zero-order valence-corrected chi connectivity index (χ0v) is 31.5. The standard InChI is InChI=1S/C38H56O15/c1-21(6-9-29(40)41)24-7-8-25-36-26(18-28(38(24,25)3)53-33(45)13-11-31(43)51-20-35(47)49-5)37(2)15-14-23(39)16-22(37)17-27(36)52-32(44)12-10-30(42)50-19-34(46)48-4/h21-28,36,39H,6-20H2,1-5H3,(H,40,41). The first-order valence-corrected chi connectivity index (χ1v) is 18.8.